The molecule has 0 bridgehead atoms. The summed E-state index contributed by atoms with van der Waals surface area (Å²) in [5.41, 5.74) is 1.36. The molecule has 0 spiro atoms. The quantitative estimate of drug-likeness (QED) is 0.791. The minimum atomic E-state index is 0.908. The normalized spacial score (nSPS) is 17.6. The molecule has 3 heteroatoms. The van der Waals surface area contributed by atoms with Crippen molar-refractivity contribution in [2.75, 3.05) is 20.2 Å². The SMILES string of the molecule is CCCC1CCN(Cc2ccc(OC)c(Br)c2)CC1. The van der Waals surface area contributed by atoms with Crippen molar-refractivity contribution in [3.63, 3.8) is 0 Å². The van der Waals surface area contributed by atoms with Gasteiger partial charge in [0.05, 0.1) is 11.6 Å². The molecule has 1 saturated heterocycles. The van der Waals surface area contributed by atoms with Gasteiger partial charge in [-0.3, -0.25) is 4.90 Å². The molecule has 1 aliphatic heterocycles. The lowest BCUT2D eigenvalue weighted by molar-refractivity contribution is 0.172. The first kappa shape index (κ1) is 14.9. The average Bonchev–Trinajstić information content (AvgIpc) is 2.42. The summed E-state index contributed by atoms with van der Waals surface area (Å²) in [4.78, 5) is 2.57. The zero-order chi connectivity index (χ0) is 13.7. The van der Waals surface area contributed by atoms with E-state index >= 15 is 0 Å². The summed E-state index contributed by atoms with van der Waals surface area (Å²) in [5, 5.41) is 0. The van der Waals surface area contributed by atoms with Crippen LogP contribution in [-0.4, -0.2) is 25.1 Å². The van der Waals surface area contributed by atoms with Crippen molar-refractivity contribution in [2.24, 2.45) is 5.92 Å². The van der Waals surface area contributed by atoms with Gasteiger partial charge in [0, 0.05) is 6.54 Å². The lowest BCUT2D eigenvalue weighted by Crippen LogP contribution is -2.33. The largest absolute Gasteiger partial charge is 0.496 e. The van der Waals surface area contributed by atoms with Gasteiger partial charge in [-0.05, 0) is 65.5 Å². The molecule has 0 aliphatic carbocycles. The first-order valence-electron chi connectivity index (χ1n) is 7.27. The Kier molecular flexibility index (Phi) is 5.71. The molecule has 0 aromatic heterocycles. The number of piperidine rings is 1. The second-order valence-electron chi connectivity index (χ2n) is 5.48. The number of likely N-dealkylation sites (tertiary alicyclic amines) is 1. The molecule has 0 unspecified atom stereocenters. The predicted molar refractivity (Wildman–Crippen MR) is 83.6 cm³/mol. The fraction of sp³-hybridized carbons (Fsp3) is 0.625. The summed E-state index contributed by atoms with van der Waals surface area (Å²) in [6, 6.07) is 6.39. The number of nitrogens with zero attached hydrogens (tertiary/aromatic N) is 1. The number of benzene rings is 1. The number of rotatable bonds is 5. The van der Waals surface area contributed by atoms with E-state index in [1.165, 1.54) is 44.3 Å². The summed E-state index contributed by atoms with van der Waals surface area (Å²) in [6.07, 6.45) is 5.47. The van der Waals surface area contributed by atoms with Crippen molar-refractivity contribution in [3.8, 4) is 5.75 Å². The van der Waals surface area contributed by atoms with Gasteiger partial charge in [-0.15, -0.1) is 0 Å². The third-order valence-corrected chi connectivity index (χ3v) is 4.65. The van der Waals surface area contributed by atoms with Gasteiger partial charge in [-0.2, -0.15) is 0 Å². The lowest BCUT2D eigenvalue weighted by atomic mass is 9.92. The molecule has 1 heterocycles. The molecule has 1 aromatic rings. The van der Waals surface area contributed by atoms with E-state index in [4.69, 9.17) is 4.74 Å². The molecule has 1 fully saturated rings. The van der Waals surface area contributed by atoms with Crippen LogP contribution in [0.1, 0.15) is 38.2 Å². The van der Waals surface area contributed by atoms with Crippen molar-refractivity contribution in [2.45, 2.75) is 39.2 Å². The fourth-order valence-corrected chi connectivity index (χ4v) is 3.50. The van der Waals surface area contributed by atoms with Gasteiger partial charge in [0.1, 0.15) is 5.75 Å². The van der Waals surface area contributed by atoms with Crippen molar-refractivity contribution in [1.82, 2.24) is 4.90 Å². The van der Waals surface area contributed by atoms with Crippen LogP contribution in [0.25, 0.3) is 0 Å². The molecule has 0 N–H and O–H groups in total. The summed E-state index contributed by atoms with van der Waals surface area (Å²) in [7, 11) is 1.71. The zero-order valence-corrected chi connectivity index (χ0v) is 13.6. The Labute approximate surface area is 125 Å². The molecule has 0 atom stereocenters. The first-order chi connectivity index (χ1) is 9.22. The number of ether oxygens (including phenoxy) is 1. The van der Waals surface area contributed by atoms with E-state index in [1.807, 2.05) is 6.07 Å². The van der Waals surface area contributed by atoms with E-state index in [2.05, 4.69) is 39.9 Å². The van der Waals surface area contributed by atoms with Gasteiger partial charge in [0.15, 0.2) is 0 Å². The Morgan fingerprint density at radius 3 is 2.63 bits per heavy atom. The van der Waals surface area contributed by atoms with Crippen molar-refractivity contribution < 1.29 is 4.74 Å². The number of hydrogen-bond acceptors (Lipinski definition) is 2. The Morgan fingerprint density at radius 2 is 2.05 bits per heavy atom. The first-order valence-corrected chi connectivity index (χ1v) is 8.07. The molecule has 2 nitrogen and oxygen atoms in total. The molecule has 0 saturated carbocycles. The van der Waals surface area contributed by atoms with Crippen molar-refractivity contribution in [3.05, 3.63) is 28.2 Å². The van der Waals surface area contributed by atoms with Gasteiger partial charge in [-0.1, -0.05) is 25.8 Å². The fourth-order valence-electron chi connectivity index (χ4n) is 2.91. The van der Waals surface area contributed by atoms with Gasteiger partial charge in [-0.25, -0.2) is 0 Å². The zero-order valence-electron chi connectivity index (χ0n) is 12.0. The highest BCUT2D eigenvalue weighted by atomic mass is 79.9. The monoisotopic (exact) mass is 325 g/mol. The maximum Gasteiger partial charge on any atom is 0.133 e. The van der Waals surface area contributed by atoms with Crippen LogP contribution in [0.3, 0.4) is 0 Å². The lowest BCUT2D eigenvalue weighted by Gasteiger charge is -2.32. The van der Waals surface area contributed by atoms with Gasteiger partial charge in [0.25, 0.3) is 0 Å². The summed E-state index contributed by atoms with van der Waals surface area (Å²) in [6.45, 7) is 5.84. The third kappa shape index (κ3) is 4.22. The molecule has 0 radical (unpaired) electrons. The second kappa shape index (κ2) is 7.30. The Bertz CT molecular complexity index is 400. The standard InChI is InChI=1S/C16H24BrNO/c1-3-4-13-7-9-18(10-8-13)12-14-5-6-16(19-2)15(17)11-14/h5-6,11,13H,3-4,7-10,12H2,1-2H3. The van der Waals surface area contributed by atoms with Crippen LogP contribution in [0.5, 0.6) is 5.75 Å². The van der Waals surface area contributed by atoms with E-state index < -0.39 is 0 Å². The average molecular weight is 326 g/mol. The number of halogens is 1. The van der Waals surface area contributed by atoms with Crippen LogP contribution >= 0.6 is 15.9 Å². The van der Waals surface area contributed by atoms with Crippen LogP contribution in [0, 0.1) is 5.92 Å². The summed E-state index contributed by atoms with van der Waals surface area (Å²) >= 11 is 3.56. The van der Waals surface area contributed by atoms with Crippen LogP contribution in [-0.2, 0) is 6.54 Å². The van der Waals surface area contributed by atoms with Crippen LogP contribution in [0.2, 0.25) is 0 Å². The predicted octanol–water partition coefficient (Wildman–Crippen LogP) is 4.47. The number of methoxy groups -OCH3 is 1. The Hall–Kier alpha value is -0.540. The topological polar surface area (TPSA) is 12.5 Å². The summed E-state index contributed by atoms with van der Waals surface area (Å²) < 4.78 is 6.32. The second-order valence-corrected chi connectivity index (χ2v) is 6.33. The van der Waals surface area contributed by atoms with Gasteiger partial charge >= 0.3 is 0 Å². The van der Waals surface area contributed by atoms with Gasteiger partial charge < -0.3 is 4.74 Å². The summed E-state index contributed by atoms with van der Waals surface area (Å²) in [5.74, 6) is 1.87. The van der Waals surface area contributed by atoms with Gasteiger partial charge in [0.2, 0.25) is 0 Å². The molecule has 1 aromatic carbocycles. The molecular formula is C16H24BrNO. The Balaban J connectivity index is 1.87. The van der Waals surface area contributed by atoms with E-state index in [0.29, 0.717) is 0 Å². The molecule has 2 rings (SSSR count). The minimum absolute atomic E-state index is 0.908. The van der Waals surface area contributed by atoms with E-state index in [0.717, 1.165) is 22.7 Å². The Morgan fingerprint density at radius 1 is 1.32 bits per heavy atom. The van der Waals surface area contributed by atoms with Crippen molar-refractivity contribution >= 4 is 15.9 Å². The third-order valence-electron chi connectivity index (χ3n) is 4.03. The van der Waals surface area contributed by atoms with E-state index in [1.54, 1.807) is 7.11 Å². The van der Waals surface area contributed by atoms with Crippen molar-refractivity contribution in [1.29, 1.82) is 0 Å². The smallest absolute Gasteiger partial charge is 0.133 e. The van der Waals surface area contributed by atoms with Crippen LogP contribution < -0.4 is 4.74 Å². The van der Waals surface area contributed by atoms with E-state index in [9.17, 15) is 0 Å². The maximum absolute atomic E-state index is 5.27. The van der Waals surface area contributed by atoms with Crippen LogP contribution in [0.15, 0.2) is 22.7 Å². The highest BCUT2D eigenvalue weighted by Crippen LogP contribution is 2.27. The molecule has 1 aliphatic rings. The van der Waals surface area contributed by atoms with Crippen LogP contribution in [0.4, 0.5) is 0 Å². The molecule has 0 amide bonds. The molecular weight excluding hydrogens is 302 g/mol. The number of hydrogen-bond donors (Lipinski definition) is 0. The van der Waals surface area contributed by atoms with E-state index in [-0.39, 0.29) is 0 Å². The highest BCUT2D eigenvalue weighted by molar-refractivity contribution is 9.10. The highest BCUT2D eigenvalue weighted by Gasteiger charge is 2.18. The minimum Gasteiger partial charge on any atom is -0.496 e. The molecule has 106 valence electrons. The molecule has 19 heavy (non-hydrogen) atoms. The maximum atomic E-state index is 5.27.